The number of hydrogen-bond donors (Lipinski definition) is 1. The third-order valence-electron chi connectivity index (χ3n) is 3.53. The van der Waals surface area contributed by atoms with Gasteiger partial charge in [-0.05, 0) is 31.9 Å². The van der Waals surface area contributed by atoms with Crippen molar-refractivity contribution in [3.05, 3.63) is 33.1 Å². The average Bonchev–Trinajstić information content (AvgIpc) is 2.78. The quantitative estimate of drug-likeness (QED) is 0.517. The number of amides is 1. The van der Waals surface area contributed by atoms with Crippen LogP contribution in [-0.4, -0.2) is 39.8 Å². The molecular formula is C12H15ClN4O3. The van der Waals surface area contributed by atoms with E-state index in [0.29, 0.717) is 13.1 Å². The van der Waals surface area contributed by atoms with Crippen molar-refractivity contribution in [2.45, 2.75) is 19.4 Å². The zero-order valence-electron chi connectivity index (χ0n) is 11.0. The molecule has 1 saturated heterocycles. The highest BCUT2D eigenvalue weighted by molar-refractivity contribution is 6.29. The van der Waals surface area contributed by atoms with Crippen molar-refractivity contribution in [2.75, 3.05) is 13.1 Å². The van der Waals surface area contributed by atoms with Crippen LogP contribution in [0.15, 0.2) is 12.3 Å². The van der Waals surface area contributed by atoms with Gasteiger partial charge in [0.2, 0.25) is 0 Å². The first kappa shape index (κ1) is 14.7. The van der Waals surface area contributed by atoms with Gasteiger partial charge in [0, 0.05) is 12.6 Å². The summed E-state index contributed by atoms with van der Waals surface area (Å²) in [5.41, 5.74) is 5.26. The molecule has 2 heterocycles. The Balaban J connectivity index is 2.34. The fraction of sp³-hybridized carbons (Fsp3) is 0.500. The molecule has 2 unspecified atom stereocenters. The van der Waals surface area contributed by atoms with Crippen molar-refractivity contribution < 1.29 is 9.72 Å². The molecule has 2 rings (SSSR count). The van der Waals surface area contributed by atoms with Crippen LogP contribution in [0.5, 0.6) is 0 Å². The normalized spacial score (nSPS) is 22.1. The Kier molecular flexibility index (Phi) is 4.20. The average molecular weight is 299 g/mol. The molecule has 1 aromatic heterocycles. The van der Waals surface area contributed by atoms with Crippen LogP contribution in [0.1, 0.15) is 23.7 Å². The van der Waals surface area contributed by atoms with Crippen LogP contribution in [0, 0.1) is 16.0 Å². The van der Waals surface area contributed by atoms with Gasteiger partial charge in [0.05, 0.1) is 4.92 Å². The van der Waals surface area contributed by atoms with Crippen LogP contribution in [0.2, 0.25) is 5.15 Å². The number of likely N-dealkylation sites (tertiary alicyclic amines) is 1. The number of carbonyl (C=O) groups is 1. The predicted octanol–water partition coefficient (Wildman–Crippen LogP) is 1.45. The SMILES string of the molecule is CC1CC(CN)CN1C(=O)c1cc(Cl)ncc1[N+](=O)[O-]. The lowest BCUT2D eigenvalue weighted by atomic mass is 10.1. The maximum absolute atomic E-state index is 12.5. The molecule has 1 aliphatic heterocycles. The van der Waals surface area contributed by atoms with E-state index in [2.05, 4.69) is 4.98 Å². The van der Waals surface area contributed by atoms with Gasteiger partial charge in [0.1, 0.15) is 16.9 Å². The number of nitrogens with zero attached hydrogens (tertiary/aromatic N) is 3. The molecule has 2 atom stereocenters. The Labute approximate surface area is 120 Å². The molecule has 7 nitrogen and oxygen atoms in total. The first-order valence-corrected chi connectivity index (χ1v) is 6.62. The van der Waals surface area contributed by atoms with Gasteiger partial charge < -0.3 is 10.6 Å². The third-order valence-corrected chi connectivity index (χ3v) is 3.74. The van der Waals surface area contributed by atoms with E-state index in [0.717, 1.165) is 12.6 Å². The van der Waals surface area contributed by atoms with E-state index >= 15 is 0 Å². The molecule has 0 radical (unpaired) electrons. The van der Waals surface area contributed by atoms with Gasteiger partial charge in [-0.25, -0.2) is 4.98 Å². The summed E-state index contributed by atoms with van der Waals surface area (Å²) in [5.74, 6) is -0.172. The van der Waals surface area contributed by atoms with Crippen LogP contribution >= 0.6 is 11.6 Å². The lowest BCUT2D eigenvalue weighted by Gasteiger charge is -2.21. The highest BCUT2D eigenvalue weighted by atomic mass is 35.5. The highest BCUT2D eigenvalue weighted by Crippen LogP contribution is 2.28. The van der Waals surface area contributed by atoms with Crippen molar-refractivity contribution in [1.82, 2.24) is 9.88 Å². The van der Waals surface area contributed by atoms with Gasteiger partial charge in [-0.15, -0.1) is 0 Å². The summed E-state index contributed by atoms with van der Waals surface area (Å²) in [7, 11) is 0. The smallest absolute Gasteiger partial charge is 0.300 e. The molecule has 0 bridgehead atoms. The number of hydrogen-bond acceptors (Lipinski definition) is 5. The number of nitro groups is 1. The van der Waals surface area contributed by atoms with E-state index in [1.165, 1.54) is 6.07 Å². The Morgan fingerprint density at radius 2 is 2.40 bits per heavy atom. The van der Waals surface area contributed by atoms with E-state index in [1.54, 1.807) is 4.90 Å². The van der Waals surface area contributed by atoms with Crippen LogP contribution in [0.4, 0.5) is 5.69 Å². The molecule has 1 aromatic rings. The maximum Gasteiger partial charge on any atom is 0.300 e. The van der Waals surface area contributed by atoms with Crippen molar-refractivity contribution in [3.8, 4) is 0 Å². The van der Waals surface area contributed by atoms with Crippen LogP contribution in [0.3, 0.4) is 0 Å². The Morgan fingerprint density at radius 3 is 2.95 bits per heavy atom. The van der Waals surface area contributed by atoms with Crippen LogP contribution in [-0.2, 0) is 0 Å². The minimum Gasteiger partial charge on any atom is -0.335 e. The first-order chi connectivity index (χ1) is 9.43. The van der Waals surface area contributed by atoms with E-state index in [-0.39, 0.29) is 28.4 Å². The second kappa shape index (κ2) is 5.72. The lowest BCUT2D eigenvalue weighted by molar-refractivity contribution is -0.385. The molecule has 1 fully saturated rings. The fourth-order valence-corrected chi connectivity index (χ4v) is 2.65. The molecule has 2 N–H and O–H groups in total. The number of halogens is 1. The summed E-state index contributed by atoms with van der Waals surface area (Å²) in [6, 6.07) is 1.24. The molecule has 0 saturated carbocycles. The molecule has 0 spiro atoms. The summed E-state index contributed by atoms with van der Waals surface area (Å²) in [5, 5.41) is 11.0. The lowest BCUT2D eigenvalue weighted by Crippen LogP contribution is -2.34. The van der Waals surface area contributed by atoms with Gasteiger partial charge >= 0.3 is 0 Å². The summed E-state index contributed by atoms with van der Waals surface area (Å²) >= 11 is 5.74. The van der Waals surface area contributed by atoms with E-state index in [4.69, 9.17) is 17.3 Å². The Hall–Kier alpha value is -1.73. The van der Waals surface area contributed by atoms with Crippen molar-refractivity contribution in [2.24, 2.45) is 11.7 Å². The van der Waals surface area contributed by atoms with Gasteiger partial charge in [0.25, 0.3) is 11.6 Å². The fourth-order valence-electron chi connectivity index (χ4n) is 2.49. The largest absolute Gasteiger partial charge is 0.335 e. The van der Waals surface area contributed by atoms with Crippen LogP contribution < -0.4 is 5.73 Å². The molecule has 108 valence electrons. The van der Waals surface area contributed by atoms with Crippen molar-refractivity contribution in [1.29, 1.82) is 0 Å². The van der Waals surface area contributed by atoms with Gasteiger partial charge in [-0.1, -0.05) is 11.6 Å². The molecule has 0 aliphatic carbocycles. The standard InChI is InChI=1S/C12H15ClN4O3/c1-7-2-8(4-14)6-16(7)12(18)9-3-11(13)15-5-10(9)17(19)20/h3,5,7-8H,2,4,6,14H2,1H3. The second-order valence-electron chi connectivity index (χ2n) is 4.93. The minimum absolute atomic E-state index is 0.00240. The summed E-state index contributed by atoms with van der Waals surface area (Å²) in [6.45, 7) is 2.91. The Morgan fingerprint density at radius 1 is 1.70 bits per heavy atom. The topological polar surface area (TPSA) is 102 Å². The monoisotopic (exact) mass is 298 g/mol. The van der Waals surface area contributed by atoms with Gasteiger partial charge in [0.15, 0.2) is 0 Å². The highest BCUT2D eigenvalue weighted by Gasteiger charge is 2.35. The number of nitrogens with two attached hydrogens (primary N) is 1. The summed E-state index contributed by atoms with van der Waals surface area (Å²) < 4.78 is 0. The van der Waals surface area contributed by atoms with Crippen molar-refractivity contribution in [3.63, 3.8) is 0 Å². The number of carbonyl (C=O) groups excluding carboxylic acids is 1. The zero-order chi connectivity index (χ0) is 14.9. The van der Waals surface area contributed by atoms with E-state index < -0.39 is 10.8 Å². The second-order valence-corrected chi connectivity index (χ2v) is 5.31. The van der Waals surface area contributed by atoms with E-state index in [9.17, 15) is 14.9 Å². The molecule has 1 amide bonds. The third kappa shape index (κ3) is 2.73. The van der Waals surface area contributed by atoms with Crippen LogP contribution in [0.25, 0.3) is 0 Å². The summed E-state index contributed by atoms with van der Waals surface area (Å²) in [6.07, 6.45) is 1.81. The Bertz CT molecular complexity index is 552. The summed E-state index contributed by atoms with van der Waals surface area (Å²) in [4.78, 5) is 28.1. The molecular weight excluding hydrogens is 284 g/mol. The number of pyridine rings is 1. The minimum atomic E-state index is -0.627. The zero-order valence-corrected chi connectivity index (χ0v) is 11.7. The molecule has 1 aliphatic rings. The number of rotatable bonds is 3. The maximum atomic E-state index is 12.5. The molecule has 0 aromatic carbocycles. The molecule has 8 heteroatoms. The van der Waals surface area contributed by atoms with Crippen molar-refractivity contribution >= 4 is 23.2 Å². The predicted molar refractivity (Wildman–Crippen MR) is 73.6 cm³/mol. The van der Waals surface area contributed by atoms with Gasteiger partial charge in [-0.3, -0.25) is 14.9 Å². The van der Waals surface area contributed by atoms with Gasteiger partial charge in [-0.2, -0.15) is 0 Å². The molecule has 20 heavy (non-hydrogen) atoms. The van der Waals surface area contributed by atoms with E-state index in [1.807, 2.05) is 6.92 Å². The first-order valence-electron chi connectivity index (χ1n) is 6.25. The number of aromatic nitrogens is 1.